The van der Waals surface area contributed by atoms with Crippen molar-refractivity contribution in [3.8, 4) is 11.5 Å². The molecular weight excluding hydrogens is 394 g/mol. The van der Waals surface area contributed by atoms with Crippen molar-refractivity contribution in [3.63, 3.8) is 0 Å². The summed E-state index contributed by atoms with van der Waals surface area (Å²) in [6.07, 6.45) is 4.39. The molecule has 1 aromatic carbocycles. The van der Waals surface area contributed by atoms with Crippen LogP contribution >= 0.6 is 0 Å². The number of hydrogen-bond acceptors (Lipinski definition) is 7. The molecule has 3 aromatic rings. The molecule has 2 fully saturated rings. The lowest BCUT2D eigenvalue weighted by Gasteiger charge is -2.31. The Morgan fingerprint density at radius 3 is 2.84 bits per heavy atom. The Balaban J connectivity index is 1.17. The molecule has 2 aromatic heterocycles. The molecule has 0 bridgehead atoms. The molecule has 0 saturated carbocycles. The summed E-state index contributed by atoms with van der Waals surface area (Å²) in [6, 6.07) is 10.5. The van der Waals surface area contributed by atoms with E-state index in [0.29, 0.717) is 12.7 Å². The number of benzene rings is 1. The normalized spacial score (nSPS) is 21.7. The van der Waals surface area contributed by atoms with E-state index in [9.17, 15) is 0 Å². The van der Waals surface area contributed by atoms with Gasteiger partial charge in [0.15, 0.2) is 23.0 Å². The van der Waals surface area contributed by atoms with Gasteiger partial charge in [0.25, 0.3) is 0 Å². The maximum atomic E-state index is 5.53. The molecule has 2 saturated heterocycles. The van der Waals surface area contributed by atoms with Crippen LogP contribution in [0.2, 0.25) is 0 Å². The van der Waals surface area contributed by atoms with Crippen molar-refractivity contribution in [3.05, 3.63) is 47.9 Å². The quantitative estimate of drug-likeness (QED) is 0.642. The standard InChI is InChI=1S/C23H27N5O3/c1-2-18(14-26(7-1)13-17-3-5-20-21(12-17)31-16-30-20)23-24-22-6-4-19(15-28(22)25-23)27-8-10-29-11-9-27/h3-6,12,15,18H,1-2,7-11,13-14,16H2. The minimum atomic E-state index is 0.317. The van der Waals surface area contributed by atoms with Gasteiger partial charge in [0.2, 0.25) is 6.79 Å². The van der Waals surface area contributed by atoms with Crippen LogP contribution in [0.3, 0.4) is 0 Å². The molecule has 0 N–H and O–H groups in total. The van der Waals surface area contributed by atoms with Crippen molar-refractivity contribution in [2.75, 3.05) is 51.1 Å². The fourth-order valence-corrected chi connectivity index (χ4v) is 4.78. The minimum Gasteiger partial charge on any atom is -0.454 e. The Bertz CT molecular complexity index is 1080. The highest BCUT2D eigenvalue weighted by atomic mass is 16.7. The number of hydrogen-bond donors (Lipinski definition) is 0. The maximum Gasteiger partial charge on any atom is 0.231 e. The zero-order valence-corrected chi connectivity index (χ0v) is 17.6. The van der Waals surface area contributed by atoms with Gasteiger partial charge >= 0.3 is 0 Å². The number of fused-ring (bicyclic) bond motifs is 2. The van der Waals surface area contributed by atoms with E-state index in [0.717, 1.165) is 81.7 Å². The van der Waals surface area contributed by atoms with Crippen molar-refractivity contribution in [2.45, 2.75) is 25.3 Å². The highest BCUT2D eigenvalue weighted by Crippen LogP contribution is 2.33. The van der Waals surface area contributed by atoms with Crippen LogP contribution in [0.1, 0.15) is 30.1 Å². The van der Waals surface area contributed by atoms with Crippen molar-refractivity contribution in [2.24, 2.45) is 0 Å². The van der Waals surface area contributed by atoms with Crippen LogP contribution in [0, 0.1) is 0 Å². The van der Waals surface area contributed by atoms with E-state index in [1.807, 2.05) is 10.6 Å². The van der Waals surface area contributed by atoms with E-state index in [1.165, 1.54) is 11.3 Å². The molecule has 0 radical (unpaired) electrons. The van der Waals surface area contributed by atoms with Crippen molar-refractivity contribution >= 4 is 11.3 Å². The Morgan fingerprint density at radius 1 is 1.00 bits per heavy atom. The van der Waals surface area contributed by atoms with Gasteiger partial charge in [0.1, 0.15) is 0 Å². The molecule has 6 rings (SSSR count). The number of piperidine rings is 1. The zero-order chi connectivity index (χ0) is 20.6. The van der Waals surface area contributed by atoms with E-state index < -0.39 is 0 Å². The molecule has 8 heteroatoms. The van der Waals surface area contributed by atoms with Gasteiger partial charge in [-0.1, -0.05) is 6.07 Å². The summed E-state index contributed by atoms with van der Waals surface area (Å²) in [6.45, 7) is 6.69. The largest absolute Gasteiger partial charge is 0.454 e. The summed E-state index contributed by atoms with van der Waals surface area (Å²) in [5.74, 6) is 3.00. The number of nitrogens with zero attached hydrogens (tertiary/aromatic N) is 5. The third kappa shape index (κ3) is 3.81. The Morgan fingerprint density at radius 2 is 1.90 bits per heavy atom. The average Bonchev–Trinajstić information content (AvgIpc) is 3.46. The molecule has 1 unspecified atom stereocenters. The van der Waals surface area contributed by atoms with E-state index >= 15 is 0 Å². The second-order valence-electron chi connectivity index (χ2n) is 8.52. The number of ether oxygens (including phenoxy) is 3. The summed E-state index contributed by atoms with van der Waals surface area (Å²) >= 11 is 0. The van der Waals surface area contributed by atoms with E-state index in [2.05, 4.69) is 40.3 Å². The average molecular weight is 422 g/mol. The first kappa shape index (κ1) is 18.9. The lowest BCUT2D eigenvalue weighted by Crippen LogP contribution is -2.36. The van der Waals surface area contributed by atoms with E-state index in [-0.39, 0.29) is 0 Å². The molecule has 0 spiro atoms. The Labute approximate surface area is 181 Å². The molecule has 0 amide bonds. The Kier molecular flexibility index (Phi) is 4.88. The number of pyridine rings is 1. The van der Waals surface area contributed by atoms with Gasteiger partial charge in [0, 0.05) is 32.1 Å². The van der Waals surface area contributed by atoms with Crippen molar-refractivity contribution in [1.82, 2.24) is 19.5 Å². The monoisotopic (exact) mass is 421 g/mol. The molecule has 3 aliphatic rings. The molecule has 31 heavy (non-hydrogen) atoms. The lowest BCUT2D eigenvalue weighted by molar-refractivity contribution is 0.122. The zero-order valence-electron chi connectivity index (χ0n) is 17.6. The van der Waals surface area contributed by atoms with Gasteiger partial charge in [0.05, 0.1) is 25.1 Å². The SMILES string of the molecule is c1cc2c(cc1CN1CCCC(c3nc4ccc(N5CCOCC5)cn4n3)C1)OCO2. The maximum absolute atomic E-state index is 5.53. The van der Waals surface area contributed by atoms with Crippen LogP contribution < -0.4 is 14.4 Å². The number of anilines is 1. The predicted molar refractivity (Wildman–Crippen MR) is 116 cm³/mol. The molecule has 0 aliphatic carbocycles. The summed E-state index contributed by atoms with van der Waals surface area (Å²) in [5, 5.41) is 4.87. The van der Waals surface area contributed by atoms with E-state index in [1.54, 1.807) is 0 Å². The van der Waals surface area contributed by atoms with Gasteiger partial charge < -0.3 is 19.1 Å². The number of likely N-dealkylation sites (tertiary alicyclic amines) is 1. The topological polar surface area (TPSA) is 64.4 Å². The minimum absolute atomic E-state index is 0.317. The number of rotatable bonds is 4. The highest BCUT2D eigenvalue weighted by Gasteiger charge is 2.25. The first-order valence-corrected chi connectivity index (χ1v) is 11.1. The smallest absolute Gasteiger partial charge is 0.231 e. The van der Waals surface area contributed by atoms with Gasteiger partial charge in [-0.05, 0) is 49.2 Å². The summed E-state index contributed by atoms with van der Waals surface area (Å²) in [4.78, 5) is 9.70. The molecule has 1 atom stereocenters. The summed E-state index contributed by atoms with van der Waals surface area (Å²) in [7, 11) is 0. The first-order valence-electron chi connectivity index (χ1n) is 11.1. The van der Waals surface area contributed by atoms with Crippen molar-refractivity contribution < 1.29 is 14.2 Å². The highest BCUT2D eigenvalue weighted by molar-refractivity contribution is 5.51. The second kappa shape index (κ2) is 8.01. The fourth-order valence-electron chi connectivity index (χ4n) is 4.78. The summed E-state index contributed by atoms with van der Waals surface area (Å²) < 4.78 is 18.4. The van der Waals surface area contributed by atoms with Gasteiger partial charge in [-0.2, -0.15) is 5.10 Å². The third-order valence-corrected chi connectivity index (χ3v) is 6.42. The van der Waals surface area contributed by atoms with Crippen LogP contribution in [0.5, 0.6) is 11.5 Å². The van der Waals surface area contributed by atoms with Gasteiger partial charge in [-0.3, -0.25) is 4.90 Å². The van der Waals surface area contributed by atoms with Crippen LogP contribution in [-0.4, -0.2) is 65.7 Å². The first-order chi connectivity index (χ1) is 15.3. The predicted octanol–water partition coefficient (Wildman–Crippen LogP) is 2.67. The second-order valence-corrected chi connectivity index (χ2v) is 8.52. The van der Waals surface area contributed by atoms with Gasteiger partial charge in [-0.15, -0.1) is 0 Å². The molecular formula is C23H27N5O3. The lowest BCUT2D eigenvalue weighted by atomic mass is 9.97. The van der Waals surface area contributed by atoms with Crippen LogP contribution in [-0.2, 0) is 11.3 Å². The fraction of sp³-hybridized carbons (Fsp3) is 0.478. The van der Waals surface area contributed by atoms with Crippen LogP contribution in [0.25, 0.3) is 5.65 Å². The molecule has 8 nitrogen and oxygen atoms in total. The van der Waals surface area contributed by atoms with Crippen molar-refractivity contribution in [1.29, 1.82) is 0 Å². The summed E-state index contributed by atoms with van der Waals surface area (Å²) in [5.41, 5.74) is 3.35. The van der Waals surface area contributed by atoms with E-state index in [4.69, 9.17) is 24.3 Å². The van der Waals surface area contributed by atoms with Crippen LogP contribution in [0.4, 0.5) is 5.69 Å². The van der Waals surface area contributed by atoms with Crippen LogP contribution in [0.15, 0.2) is 36.5 Å². The molecule has 5 heterocycles. The Hall–Kier alpha value is -2.84. The number of morpholine rings is 1. The molecule has 3 aliphatic heterocycles. The van der Waals surface area contributed by atoms with Gasteiger partial charge in [-0.25, -0.2) is 9.50 Å². The third-order valence-electron chi connectivity index (χ3n) is 6.42. The number of aromatic nitrogens is 3. The molecule has 162 valence electrons.